The second-order valence-corrected chi connectivity index (χ2v) is 13.2. The number of amides is 2. The van der Waals surface area contributed by atoms with Gasteiger partial charge in [-0.25, -0.2) is 8.78 Å². The molecule has 1 aliphatic rings. The highest BCUT2D eigenvalue weighted by atomic mass is 19.1. The number of piperidine rings is 1. The van der Waals surface area contributed by atoms with E-state index in [2.05, 4.69) is 70.3 Å². The molecule has 6 heteroatoms. The Balaban J connectivity index is 0.00000675. The van der Waals surface area contributed by atoms with Crippen LogP contribution in [0.4, 0.5) is 8.78 Å². The topological polar surface area (TPSA) is 49.4 Å². The van der Waals surface area contributed by atoms with Crippen LogP contribution in [-0.4, -0.2) is 29.8 Å². The van der Waals surface area contributed by atoms with Crippen LogP contribution in [-0.2, 0) is 16.0 Å². The van der Waals surface area contributed by atoms with E-state index in [0.29, 0.717) is 37.9 Å². The molecule has 1 heterocycles. The van der Waals surface area contributed by atoms with Crippen molar-refractivity contribution in [1.29, 1.82) is 0 Å². The minimum atomic E-state index is -0.611. The molecule has 1 N–H and O–H groups in total. The van der Waals surface area contributed by atoms with Crippen LogP contribution < -0.4 is 5.32 Å². The van der Waals surface area contributed by atoms with Gasteiger partial charge in [0.1, 0.15) is 11.6 Å². The van der Waals surface area contributed by atoms with E-state index in [-0.39, 0.29) is 36.5 Å². The van der Waals surface area contributed by atoms with Crippen molar-refractivity contribution in [2.75, 3.05) is 13.1 Å². The van der Waals surface area contributed by atoms with E-state index in [4.69, 9.17) is 0 Å². The molecule has 3 rings (SSSR count). The van der Waals surface area contributed by atoms with E-state index >= 15 is 4.39 Å². The maximum absolute atomic E-state index is 15.2. The van der Waals surface area contributed by atoms with Gasteiger partial charge in [-0.3, -0.25) is 9.59 Å². The first kappa shape index (κ1) is 34.5. The standard InChI is InChI=1S/C37H52F2N2O2.H2/c1-8-12-32(30(13-11-20-37(5,6)7)31-17-15-28(38)24-34(31)39)36(43)41-21-18-27(19-22-41)29-16-14-26(9-2)23-33(29)25(4)40-35(42)10-3;/h11,14-17,20,23-25,27,30,32H,8-10,12-13,18-19,21-22H2,1-7H3,(H,40,42);1H/b20-11+;/t25?,30-,32+;/m0./s1. The summed E-state index contributed by atoms with van der Waals surface area (Å²) in [6, 6.07) is 10.3. The Hall–Kier alpha value is -3.02. The number of carbonyl (C=O) groups is 2. The van der Waals surface area contributed by atoms with E-state index in [1.807, 2.05) is 18.7 Å². The minimum absolute atomic E-state index is 0. The summed E-state index contributed by atoms with van der Waals surface area (Å²) in [6.45, 7) is 15.7. The fourth-order valence-corrected chi connectivity index (χ4v) is 6.34. The smallest absolute Gasteiger partial charge is 0.226 e. The number of benzene rings is 2. The number of nitrogens with zero attached hydrogens (tertiary/aromatic N) is 1. The van der Waals surface area contributed by atoms with Crippen LogP contribution in [0.3, 0.4) is 0 Å². The molecule has 1 unspecified atom stereocenters. The summed E-state index contributed by atoms with van der Waals surface area (Å²) in [7, 11) is 0. The zero-order valence-electron chi connectivity index (χ0n) is 27.3. The van der Waals surface area contributed by atoms with Crippen molar-refractivity contribution in [2.45, 2.75) is 111 Å². The molecule has 0 aliphatic carbocycles. The molecular formula is C37H54F2N2O2. The van der Waals surface area contributed by atoms with Crippen LogP contribution in [0, 0.1) is 23.0 Å². The normalized spacial score (nSPS) is 16.7. The predicted molar refractivity (Wildman–Crippen MR) is 174 cm³/mol. The Kier molecular flexibility index (Phi) is 12.5. The molecule has 0 aromatic heterocycles. The van der Waals surface area contributed by atoms with Gasteiger partial charge in [-0.05, 0) is 78.7 Å². The number of aryl methyl sites for hydroxylation is 1. The van der Waals surface area contributed by atoms with Crippen LogP contribution in [0.5, 0.6) is 0 Å². The van der Waals surface area contributed by atoms with Crippen LogP contribution in [0.25, 0.3) is 0 Å². The lowest BCUT2D eigenvalue weighted by Gasteiger charge is -2.37. The zero-order valence-corrected chi connectivity index (χ0v) is 27.3. The second kappa shape index (κ2) is 15.6. The molecule has 0 saturated carbocycles. The molecule has 43 heavy (non-hydrogen) atoms. The average Bonchev–Trinajstić information content (AvgIpc) is 2.97. The molecule has 2 amide bonds. The summed E-state index contributed by atoms with van der Waals surface area (Å²) in [5, 5.41) is 3.13. The minimum Gasteiger partial charge on any atom is -0.350 e. The first-order chi connectivity index (χ1) is 20.4. The number of nitrogens with one attached hydrogen (secondary N) is 1. The largest absolute Gasteiger partial charge is 0.350 e. The van der Waals surface area contributed by atoms with Crippen molar-refractivity contribution in [3.05, 3.63) is 82.4 Å². The van der Waals surface area contributed by atoms with Crippen LogP contribution >= 0.6 is 0 Å². The molecule has 1 aliphatic heterocycles. The van der Waals surface area contributed by atoms with Gasteiger partial charge < -0.3 is 10.2 Å². The van der Waals surface area contributed by atoms with E-state index in [1.165, 1.54) is 23.3 Å². The summed E-state index contributed by atoms with van der Waals surface area (Å²) in [5.41, 5.74) is 4.02. The molecule has 4 nitrogen and oxygen atoms in total. The Morgan fingerprint density at radius 1 is 1.05 bits per heavy atom. The molecule has 0 bridgehead atoms. The molecule has 238 valence electrons. The average molecular weight is 597 g/mol. The Bertz CT molecular complexity index is 1260. The number of likely N-dealkylation sites (tertiary alicyclic amines) is 1. The Labute approximate surface area is 259 Å². The monoisotopic (exact) mass is 596 g/mol. The second-order valence-electron chi connectivity index (χ2n) is 13.2. The first-order valence-electron chi connectivity index (χ1n) is 16.2. The quantitative estimate of drug-likeness (QED) is 0.248. The lowest BCUT2D eigenvalue weighted by molar-refractivity contribution is -0.137. The van der Waals surface area contributed by atoms with Crippen molar-refractivity contribution < 1.29 is 19.8 Å². The molecule has 3 atom stereocenters. The molecule has 0 radical (unpaired) electrons. The van der Waals surface area contributed by atoms with E-state index in [9.17, 15) is 14.0 Å². The van der Waals surface area contributed by atoms with Gasteiger partial charge in [0.05, 0.1) is 6.04 Å². The SMILES string of the molecule is CCC[C@@H](C(=O)N1CCC(c2ccc(CC)cc2C(C)NC(=O)CC)CC1)[C@@H](C/C=C/C(C)(C)C)c1ccc(F)cc1F.[HH]. The third-order valence-electron chi connectivity index (χ3n) is 8.74. The molecule has 2 aromatic rings. The van der Waals surface area contributed by atoms with Gasteiger partial charge in [-0.15, -0.1) is 0 Å². The predicted octanol–water partition coefficient (Wildman–Crippen LogP) is 9.26. The van der Waals surface area contributed by atoms with Crippen molar-refractivity contribution in [2.24, 2.45) is 11.3 Å². The van der Waals surface area contributed by atoms with Gasteiger partial charge in [-0.1, -0.05) is 84.4 Å². The first-order valence-corrected chi connectivity index (χ1v) is 16.2. The van der Waals surface area contributed by atoms with Gasteiger partial charge >= 0.3 is 0 Å². The lowest BCUT2D eigenvalue weighted by atomic mass is 9.78. The summed E-state index contributed by atoms with van der Waals surface area (Å²) < 4.78 is 29.0. The van der Waals surface area contributed by atoms with Crippen LogP contribution in [0.15, 0.2) is 48.6 Å². The number of hydrogen-bond acceptors (Lipinski definition) is 2. The van der Waals surface area contributed by atoms with Gasteiger partial charge in [0.15, 0.2) is 0 Å². The molecule has 0 spiro atoms. The van der Waals surface area contributed by atoms with E-state index in [0.717, 1.165) is 37.3 Å². The fourth-order valence-electron chi connectivity index (χ4n) is 6.34. The number of rotatable bonds is 12. The number of carbonyl (C=O) groups excluding carboxylic acids is 2. The summed E-state index contributed by atoms with van der Waals surface area (Å²) in [5.74, 6) is -1.59. The third kappa shape index (κ3) is 9.48. The van der Waals surface area contributed by atoms with Gasteiger partial charge in [0.2, 0.25) is 11.8 Å². The van der Waals surface area contributed by atoms with Crippen LogP contribution in [0.2, 0.25) is 0 Å². The number of allylic oxidation sites excluding steroid dienone is 2. The van der Waals surface area contributed by atoms with E-state index < -0.39 is 17.6 Å². The molecule has 1 saturated heterocycles. The highest BCUT2D eigenvalue weighted by Gasteiger charge is 2.35. The zero-order chi connectivity index (χ0) is 31.7. The lowest BCUT2D eigenvalue weighted by Crippen LogP contribution is -2.43. The maximum Gasteiger partial charge on any atom is 0.226 e. The number of halogens is 2. The fraction of sp³-hybridized carbons (Fsp3) is 0.568. The van der Waals surface area contributed by atoms with Crippen molar-refractivity contribution in [1.82, 2.24) is 10.2 Å². The van der Waals surface area contributed by atoms with Crippen molar-refractivity contribution in [3.63, 3.8) is 0 Å². The number of hydrogen-bond donors (Lipinski definition) is 1. The summed E-state index contributed by atoms with van der Waals surface area (Å²) in [4.78, 5) is 28.3. The van der Waals surface area contributed by atoms with Crippen molar-refractivity contribution >= 4 is 11.8 Å². The van der Waals surface area contributed by atoms with Gasteiger partial charge in [0, 0.05) is 38.8 Å². The van der Waals surface area contributed by atoms with Crippen LogP contribution in [0.1, 0.15) is 129 Å². The maximum atomic E-state index is 15.2. The highest BCUT2D eigenvalue weighted by Crippen LogP contribution is 2.38. The van der Waals surface area contributed by atoms with E-state index in [1.54, 1.807) is 0 Å². The third-order valence-corrected chi connectivity index (χ3v) is 8.74. The molecular weight excluding hydrogens is 542 g/mol. The van der Waals surface area contributed by atoms with Gasteiger partial charge in [-0.2, -0.15) is 0 Å². The Morgan fingerprint density at radius 3 is 2.33 bits per heavy atom. The van der Waals surface area contributed by atoms with Crippen molar-refractivity contribution in [3.8, 4) is 0 Å². The summed E-state index contributed by atoms with van der Waals surface area (Å²) in [6.07, 6.45) is 9.14. The Morgan fingerprint density at radius 2 is 1.74 bits per heavy atom. The molecule has 2 aromatic carbocycles. The van der Waals surface area contributed by atoms with Gasteiger partial charge in [0.25, 0.3) is 0 Å². The molecule has 1 fully saturated rings. The highest BCUT2D eigenvalue weighted by molar-refractivity contribution is 5.80. The summed E-state index contributed by atoms with van der Waals surface area (Å²) >= 11 is 0.